The molecule has 0 saturated carbocycles. The zero-order valence-electron chi connectivity index (χ0n) is 12.3. The predicted molar refractivity (Wildman–Crippen MR) is 81.2 cm³/mol. The van der Waals surface area contributed by atoms with Crippen LogP contribution in [0.15, 0.2) is 24.3 Å². The van der Waals surface area contributed by atoms with E-state index in [2.05, 4.69) is 5.32 Å². The van der Waals surface area contributed by atoms with Gasteiger partial charge in [0.05, 0.1) is 13.0 Å². The molecule has 0 aromatic heterocycles. The Balaban J connectivity index is 1.71. The molecule has 0 bridgehead atoms. The molecule has 1 aromatic carbocycles. The zero-order valence-corrected chi connectivity index (χ0v) is 12.3. The molecule has 1 aliphatic rings. The Hall–Kier alpha value is -1.59. The number of carbonyl (C=O) groups is 1. The fourth-order valence-electron chi connectivity index (χ4n) is 2.35. The highest BCUT2D eigenvalue weighted by Gasteiger charge is 2.14. The van der Waals surface area contributed by atoms with Crippen LogP contribution >= 0.6 is 0 Å². The second-order valence-corrected chi connectivity index (χ2v) is 5.35. The van der Waals surface area contributed by atoms with Gasteiger partial charge in [0.15, 0.2) is 0 Å². The van der Waals surface area contributed by atoms with Gasteiger partial charge in [0.2, 0.25) is 5.91 Å². The molecule has 21 heavy (non-hydrogen) atoms. The molecular weight excluding hydrogens is 268 g/mol. The van der Waals surface area contributed by atoms with Gasteiger partial charge in [0.25, 0.3) is 0 Å². The summed E-state index contributed by atoms with van der Waals surface area (Å²) in [4.78, 5) is 11.9. The number of carbonyl (C=O) groups excluding carboxylic acids is 1. The van der Waals surface area contributed by atoms with Gasteiger partial charge >= 0.3 is 0 Å². The molecule has 2 rings (SSSR count). The van der Waals surface area contributed by atoms with Crippen LogP contribution in [0.2, 0.25) is 0 Å². The van der Waals surface area contributed by atoms with Crippen LogP contribution in [0.3, 0.4) is 0 Å². The second-order valence-electron chi connectivity index (χ2n) is 5.35. The lowest BCUT2D eigenvalue weighted by atomic mass is 10.0. The van der Waals surface area contributed by atoms with Crippen LogP contribution in [0.25, 0.3) is 0 Å². The van der Waals surface area contributed by atoms with E-state index >= 15 is 0 Å². The number of benzene rings is 1. The summed E-state index contributed by atoms with van der Waals surface area (Å²) < 4.78 is 10.8. The zero-order chi connectivity index (χ0) is 14.9. The minimum atomic E-state index is 0.0520. The fourth-order valence-corrected chi connectivity index (χ4v) is 2.35. The molecule has 0 unspecified atom stereocenters. The smallest absolute Gasteiger partial charge is 0.224 e. The van der Waals surface area contributed by atoms with Crippen molar-refractivity contribution in [3.05, 3.63) is 29.8 Å². The number of hydrogen-bond donors (Lipinski definition) is 2. The molecule has 116 valence electrons. The highest BCUT2D eigenvalue weighted by molar-refractivity contribution is 5.78. The lowest BCUT2D eigenvalue weighted by molar-refractivity contribution is -0.120. The van der Waals surface area contributed by atoms with E-state index in [0.29, 0.717) is 32.0 Å². The summed E-state index contributed by atoms with van der Waals surface area (Å²) >= 11 is 0. The van der Waals surface area contributed by atoms with E-state index in [1.807, 2.05) is 24.3 Å². The van der Waals surface area contributed by atoms with Crippen molar-refractivity contribution >= 4 is 5.91 Å². The van der Waals surface area contributed by atoms with Gasteiger partial charge < -0.3 is 20.5 Å². The van der Waals surface area contributed by atoms with Crippen molar-refractivity contribution in [1.82, 2.24) is 5.32 Å². The Bertz CT molecular complexity index is 428. The van der Waals surface area contributed by atoms with Crippen molar-refractivity contribution in [2.75, 3.05) is 32.9 Å². The van der Waals surface area contributed by atoms with E-state index in [4.69, 9.17) is 15.2 Å². The Kier molecular flexibility index (Phi) is 6.50. The Labute approximate surface area is 125 Å². The number of ether oxygens (including phenoxy) is 2. The number of nitrogens with two attached hydrogens (primary N) is 1. The summed E-state index contributed by atoms with van der Waals surface area (Å²) in [5.41, 5.74) is 6.36. The van der Waals surface area contributed by atoms with Gasteiger partial charge in [-0.2, -0.15) is 0 Å². The van der Waals surface area contributed by atoms with Gasteiger partial charge in [-0.3, -0.25) is 4.79 Å². The van der Waals surface area contributed by atoms with Crippen LogP contribution in [0.5, 0.6) is 5.75 Å². The third-order valence-corrected chi connectivity index (χ3v) is 3.52. The molecule has 1 aromatic rings. The largest absolute Gasteiger partial charge is 0.492 e. The van der Waals surface area contributed by atoms with Gasteiger partial charge in [0.1, 0.15) is 12.4 Å². The summed E-state index contributed by atoms with van der Waals surface area (Å²) in [6.07, 6.45) is 2.61. The summed E-state index contributed by atoms with van der Waals surface area (Å²) in [6, 6.07) is 7.56. The summed E-state index contributed by atoms with van der Waals surface area (Å²) in [5.74, 6) is 1.29. The summed E-state index contributed by atoms with van der Waals surface area (Å²) in [6.45, 7) is 3.31. The molecule has 0 spiro atoms. The molecule has 1 amide bonds. The molecule has 1 atom stereocenters. The molecule has 1 aliphatic heterocycles. The average molecular weight is 292 g/mol. The van der Waals surface area contributed by atoms with E-state index < -0.39 is 0 Å². The first-order valence-electron chi connectivity index (χ1n) is 7.54. The van der Waals surface area contributed by atoms with Crippen molar-refractivity contribution in [1.29, 1.82) is 0 Å². The maximum Gasteiger partial charge on any atom is 0.224 e. The van der Waals surface area contributed by atoms with Crippen LogP contribution in [0, 0.1) is 5.92 Å². The molecule has 1 heterocycles. The molecule has 5 heteroatoms. The molecular formula is C16H24N2O3. The van der Waals surface area contributed by atoms with Gasteiger partial charge in [-0.15, -0.1) is 0 Å². The third-order valence-electron chi connectivity index (χ3n) is 3.52. The fraction of sp³-hybridized carbons (Fsp3) is 0.562. The molecule has 0 aliphatic carbocycles. The monoisotopic (exact) mass is 292 g/mol. The highest BCUT2D eigenvalue weighted by Crippen LogP contribution is 2.13. The van der Waals surface area contributed by atoms with Crippen LogP contribution < -0.4 is 15.8 Å². The van der Waals surface area contributed by atoms with E-state index in [1.54, 1.807) is 0 Å². The minimum absolute atomic E-state index is 0.0520. The van der Waals surface area contributed by atoms with Crippen molar-refractivity contribution in [3.8, 4) is 5.75 Å². The van der Waals surface area contributed by atoms with Gasteiger partial charge in [-0.25, -0.2) is 0 Å². The third kappa shape index (κ3) is 5.73. The normalized spacial score (nSPS) is 18.2. The maximum absolute atomic E-state index is 11.9. The predicted octanol–water partition coefficient (Wildman–Crippen LogP) is 1.11. The quantitative estimate of drug-likeness (QED) is 0.789. The van der Waals surface area contributed by atoms with E-state index in [-0.39, 0.29) is 5.91 Å². The first kappa shape index (κ1) is 15.8. The average Bonchev–Trinajstić information content (AvgIpc) is 2.53. The maximum atomic E-state index is 11.9. The number of hydrogen-bond acceptors (Lipinski definition) is 4. The van der Waals surface area contributed by atoms with Crippen LogP contribution in [-0.2, 0) is 16.0 Å². The van der Waals surface area contributed by atoms with Gasteiger partial charge in [0, 0.05) is 19.7 Å². The topological polar surface area (TPSA) is 73.6 Å². The van der Waals surface area contributed by atoms with Crippen LogP contribution in [-0.4, -0.2) is 38.8 Å². The molecule has 3 N–H and O–H groups in total. The molecule has 1 saturated heterocycles. The van der Waals surface area contributed by atoms with Crippen LogP contribution in [0.4, 0.5) is 0 Å². The van der Waals surface area contributed by atoms with Crippen LogP contribution in [0.1, 0.15) is 18.4 Å². The molecule has 5 nitrogen and oxygen atoms in total. The lowest BCUT2D eigenvalue weighted by Crippen LogP contribution is -2.34. The van der Waals surface area contributed by atoms with Crippen molar-refractivity contribution < 1.29 is 14.3 Å². The second kappa shape index (κ2) is 8.64. The van der Waals surface area contributed by atoms with E-state index in [1.165, 1.54) is 0 Å². The van der Waals surface area contributed by atoms with Crippen molar-refractivity contribution in [2.45, 2.75) is 19.3 Å². The number of rotatable bonds is 7. The van der Waals surface area contributed by atoms with Gasteiger partial charge in [-0.1, -0.05) is 12.1 Å². The SMILES string of the molecule is NCCOc1ccc(CC(=O)NC[C@@H]2CCCOC2)cc1. The highest BCUT2D eigenvalue weighted by atomic mass is 16.5. The summed E-state index contributed by atoms with van der Waals surface area (Å²) in [7, 11) is 0. The Morgan fingerprint density at radius 1 is 1.38 bits per heavy atom. The Morgan fingerprint density at radius 2 is 2.19 bits per heavy atom. The first-order chi connectivity index (χ1) is 10.3. The number of amides is 1. The van der Waals surface area contributed by atoms with Crippen molar-refractivity contribution in [2.24, 2.45) is 11.7 Å². The molecule has 0 radical (unpaired) electrons. The number of nitrogens with one attached hydrogen (secondary N) is 1. The lowest BCUT2D eigenvalue weighted by Gasteiger charge is -2.22. The standard InChI is InChI=1S/C16H24N2O3/c17-7-9-21-15-5-3-13(4-6-15)10-16(19)18-11-14-2-1-8-20-12-14/h3-6,14H,1-2,7-12,17H2,(H,18,19)/t14-/m0/s1. The van der Waals surface area contributed by atoms with Gasteiger partial charge in [-0.05, 0) is 36.5 Å². The minimum Gasteiger partial charge on any atom is -0.492 e. The first-order valence-corrected chi connectivity index (χ1v) is 7.54. The van der Waals surface area contributed by atoms with E-state index in [0.717, 1.165) is 37.4 Å². The Morgan fingerprint density at radius 3 is 2.86 bits per heavy atom. The summed E-state index contributed by atoms with van der Waals surface area (Å²) in [5, 5.41) is 2.98. The van der Waals surface area contributed by atoms with E-state index in [9.17, 15) is 4.79 Å². The van der Waals surface area contributed by atoms with Crippen molar-refractivity contribution in [3.63, 3.8) is 0 Å². The molecule has 1 fully saturated rings.